The van der Waals surface area contributed by atoms with Gasteiger partial charge in [-0.05, 0) is 78.1 Å². The molecule has 4 nitrogen and oxygen atoms in total. The first-order valence-corrected chi connectivity index (χ1v) is 9.09. The van der Waals surface area contributed by atoms with Crippen LogP contribution in [0.25, 0.3) is 0 Å². The molecule has 0 amide bonds. The smallest absolute Gasteiger partial charge is 0.333 e. The Morgan fingerprint density at radius 2 is 1.71 bits per heavy atom. The van der Waals surface area contributed by atoms with Gasteiger partial charge in [-0.25, -0.2) is 4.79 Å². The quantitative estimate of drug-likeness (QED) is 0.575. The van der Waals surface area contributed by atoms with E-state index in [0.717, 1.165) is 32.1 Å². The van der Waals surface area contributed by atoms with Crippen molar-refractivity contribution < 1.29 is 19.1 Å². The van der Waals surface area contributed by atoms with Gasteiger partial charge in [-0.3, -0.25) is 4.79 Å². The summed E-state index contributed by atoms with van der Waals surface area (Å²) in [4.78, 5) is 24.3. The lowest BCUT2D eigenvalue weighted by Gasteiger charge is -2.60. The van der Waals surface area contributed by atoms with Gasteiger partial charge in [0.25, 0.3) is 0 Å². The Hall–Kier alpha value is -1.32. The molecule has 2 unspecified atom stereocenters. The minimum absolute atomic E-state index is 0.0135. The number of rotatable bonds is 4. The van der Waals surface area contributed by atoms with Crippen LogP contribution in [0.15, 0.2) is 12.2 Å². The first-order valence-electron chi connectivity index (χ1n) is 9.09. The summed E-state index contributed by atoms with van der Waals surface area (Å²) in [7, 11) is 0. The zero-order valence-electron chi connectivity index (χ0n) is 15.4. The van der Waals surface area contributed by atoms with E-state index in [2.05, 4.69) is 6.58 Å². The molecular formula is C20H30O4. The van der Waals surface area contributed by atoms with Gasteiger partial charge in [0.1, 0.15) is 5.60 Å². The molecule has 0 aromatic rings. The predicted octanol–water partition coefficient (Wildman–Crippen LogP) is 4.03. The first kappa shape index (κ1) is 17.5. The SMILES string of the molecule is C=C(C)C(=O)OC12CC3CC(CC(COC(=O)C(C)(C)C)(C3)C1)C2. The van der Waals surface area contributed by atoms with Crippen LogP contribution in [0, 0.1) is 22.7 Å². The second-order valence-corrected chi connectivity index (χ2v) is 9.64. The van der Waals surface area contributed by atoms with Crippen molar-refractivity contribution in [2.75, 3.05) is 6.61 Å². The Bertz CT molecular complexity index is 555. The second-order valence-electron chi connectivity index (χ2n) is 9.64. The lowest BCUT2D eigenvalue weighted by Crippen LogP contribution is -2.58. The summed E-state index contributed by atoms with van der Waals surface area (Å²) in [6.07, 6.45) is 6.14. The maximum atomic E-state index is 12.2. The molecule has 0 heterocycles. The molecule has 4 rings (SSSR count). The van der Waals surface area contributed by atoms with Crippen molar-refractivity contribution in [2.45, 2.75) is 71.8 Å². The highest BCUT2D eigenvalue weighted by Gasteiger charge is 2.60. The first-order chi connectivity index (χ1) is 11.0. The molecule has 134 valence electrons. The minimum atomic E-state index is -0.480. The summed E-state index contributed by atoms with van der Waals surface area (Å²) in [5.41, 5.74) is -0.403. The van der Waals surface area contributed by atoms with E-state index in [1.165, 1.54) is 6.42 Å². The van der Waals surface area contributed by atoms with Crippen molar-refractivity contribution in [3.8, 4) is 0 Å². The van der Waals surface area contributed by atoms with E-state index in [1.54, 1.807) is 6.92 Å². The molecule has 0 spiro atoms. The Balaban J connectivity index is 1.74. The Morgan fingerprint density at radius 1 is 1.12 bits per heavy atom. The standard InChI is InChI=1S/C20H30O4/c1-13(2)16(21)24-20-9-14-6-15(10-20)8-19(7-14,11-20)12-23-17(22)18(3,4)5/h14-15H,1,6-12H2,2-5H3. The van der Waals surface area contributed by atoms with E-state index in [4.69, 9.17) is 9.47 Å². The molecule has 4 saturated carbocycles. The van der Waals surface area contributed by atoms with E-state index < -0.39 is 5.41 Å². The fourth-order valence-electron chi connectivity index (χ4n) is 5.37. The largest absolute Gasteiger partial charge is 0.465 e. The molecule has 24 heavy (non-hydrogen) atoms. The zero-order valence-corrected chi connectivity index (χ0v) is 15.4. The Labute approximate surface area is 145 Å². The maximum Gasteiger partial charge on any atom is 0.333 e. The average Bonchev–Trinajstić information content (AvgIpc) is 2.41. The van der Waals surface area contributed by atoms with Gasteiger partial charge >= 0.3 is 11.9 Å². The molecular weight excluding hydrogens is 304 g/mol. The van der Waals surface area contributed by atoms with Crippen molar-refractivity contribution >= 4 is 11.9 Å². The van der Waals surface area contributed by atoms with Gasteiger partial charge in [-0.1, -0.05) is 6.58 Å². The van der Waals surface area contributed by atoms with Crippen LogP contribution in [-0.2, 0) is 19.1 Å². The fourth-order valence-corrected chi connectivity index (χ4v) is 5.37. The van der Waals surface area contributed by atoms with Crippen LogP contribution in [0.4, 0.5) is 0 Å². The molecule has 0 aromatic heterocycles. The molecule has 4 heteroatoms. The second kappa shape index (κ2) is 5.60. The van der Waals surface area contributed by atoms with Crippen LogP contribution >= 0.6 is 0 Å². The highest BCUT2D eigenvalue weighted by atomic mass is 16.6. The van der Waals surface area contributed by atoms with E-state index in [9.17, 15) is 9.59 Å². The number of ether oxygens (including phenoxy) is 2. The van der Waals surface area contributed by atoms with Crippen LogP contribution in [-0.4, -0.2) is 24.1 Å². The molecule has 4 fully saturated rings. The summed E-state index contributed by atoms with van der Waals surface area (Å²) < 4.78 is 11.6. The van der Waals surface area contributed by atoms with Crippen molar-refractivity contribution in [3.05, 3.63) is 12.2 Å². The van der Waals surface area contributed by atoms with Gasteiger partial charge in [0.05, 0.1) is 12.0 Å². The maximum absolute atomic E-state index is 12.2. The zero-order chi connectivity index (χ0) is 17.8. The van der Waals surface area contributed by atoms with Crippen molar-refractivity contribution in [1.82, 2.24) is 0 Å². The third-order valence-electron chi connectivity index (χ3n) is 5.91. The van der Waals surface area contributed by atoms with E-state index in [0.29, 0.717) is 24.0 Å². The van der Waals surface area contributed by atoms with Crippen LogP contribution in [0.5, 0.6) is 0 Å². The predicted molar refractivity (Wildman–Crippen MR) is 91.2 cm³/mol. The topological polar surface area (TPSA) is 52.6 Å². The summed E-state index contributed by atoms with van der Waals surface area (Å²) in [5, 5.41) is 0. The van der Waals surface area contributed by atoms with Gasteiger partial charge in [-0.15, -0.1) is 0 Å². The molecule has 4 bridgehead atoms. The van der Waals surface area contributed by atoms with Crippen molar-refractivity contribution in [2.24, 2.45) is 22.7 Å². The molecule has 0 aromatic carbocycles. The molecule has 2 atom stereocenters. The highest BCUT2D eigenvalue weighted by molar-refractivity contribution is 5.87. The normalized spacial score (nSPS) is 37.2. The van der Waals surface area contributed by atoms with Crippen molar-refractivity contribution in [1.29, 1.82) is 0 Å². The summed E-state index contributed by atoms with van der Waals surface area (Å²) >= 11 is 0. The van der Waals surface area contributed by atoms with Gasteiger partial charge in [0, 0.05) is 11.0 Å². The lowest BCUT2D eigenvalue weighted by atomic mass is 9.48. The van der Waals surface area contributed by atoms with Crippen LogP contribution in [0.3, 0.4) is 0 Å². The molecule has 0 N–H and O–H groups in total. The highest BCUT2D eigenvalue weighted by Crippen LogP contribution is 2.63. The number of carbonyl (C=O) groups is 2. The van der Waals surface area contributed by atoms with E-state index >= 15 is 0 Å². The molecule has 0 radical (unpaired) electrons. The number of carbonyl (C=O) groups excluding carboxylic acids is 2. The molecule has 0 saturated heterocycles. The third-order valence-corrected chi connectivity index (χ3v) is 5.91. The molecule has 4 aliphatic carbocycles. The van der Waals surface area contributed by atoms with Crippen LogP contribution in [0.2, 0.25) is 0 Å². The monoisotopic (exact) mass is 334 g/mol. The van der Waals surface area contributed by atoms with E-state index in [-0.39, 0.29) is 23.0 Å². The van der Waals surface area contributed by atoms with E-state index in [1.807, 2.05) is 20.8 Å². The minimum Gasteiger partial charge on any atom is -0.465 e. The molecule has 0 aliphatic heterocycles. The Kier molecular flexibility index (Phi) is 4.09. The summed E-state index contributed by atoms with van der Waals surface area (Å²) in [5.74, 6) is 0.736. The number of esters is 2. The summed E-state index contributed by atoms with van der Waals surface area (Å²) in [6.45, 7) is 11.5. The van der Waals surface area contributed by atoms with Crippen molar-refractivity contribution in [3.63, 3.8) is 0 Å². The third kappa shape index (κ3) is 3.25. The Morgan fingerprint density at radius 3 is 2.21 bits per heavy atom. The molecule has 4 aliphatic rings. The van der Waals surface area contributed by atoms with Gasteiger partial charge < -0.3 is 9.47 Å². The van der Waals surface area contributed by atoms with Gasteiger partial charge in [0.2, 0.25) is 0 Å². The van der Waals surface area contributed by atoms with Gasteiger partial charge in [0.15, 0.2) is 0 Å². The number of hydrogen-bond acceptors (Lipinski definition) is 4. The van der Waals surface area contributed by atoms with Crippen LogP contribution < -0.4 is 0 Å². The average molecular weight is 334 g/mol. The lowest BCUT2D eigenvalue weighted by molar-refractivity contribution is -0.209. The van der Waals surface area contributed by atoms with Crippen LogP contribution in [0.1, 0.15) is 66.2 Å². The summed E-state index contributed by atoms with van der Waals surface area (Å²) in [6, 6.07) is 0. The van der Waals surface area contributed by atoms with Gasteiger partial charge in [-0.2, -0.15) is 0 Å². The number of hydrogen-bond donors (Lipinski definition) is 0. The fraction of sp³-hybridized carbons (Fsp3) is 0.800.